The van der Waals surface area contributed by atoms with E-state index in [1.54, 1.807) is 49.4 Å². The molecule has 13 nitrogen and oxygen atoms in total. The minimum atomic E-state index is -4.34. The van der Waals surface area contributed by atoms with Crippen LogP contribution < -0.4 is 15.3 Å². The lowest BCUT2D eigenvalue weighted by Gasteiger charge is -2.27. The Morgan fingerprint density at radius 3 is 2.57 bits per heavy atom. The Kier molecular flexibility index (Phi) is 7.53. The molecule has 14 heteroatoms. The van der Waals surface area contributed by atoms with Gasteiger partial charge in [-0.05, 0) is 63.8 Å². The van der Waals surface area contributed by atoms with E-state index in [2.05, 4.69) is 15.2 Å². The first-order valence-electron chi connectivity index (χ1n) is 14.2. The van der Waals surface area contributed by atoms with Crippen molar-refractivity contribution in [2.75, 3.05) is 5.73 Å². The van der Waals surface area contributed by atoms with Gasteiger partial charge in [-0.1, -0.05) is 31.0 Å². The van der Waals surface area contributed by atoms with Crippen molar-refractivity contribution in [2.24, 2.45) is 0 Å². The molecule has 2 saturated carbocycles. The van der Waals surface area contributed by atoms with Crippen LogP contribution in [-0.2, 0) is 23.4 Å². The zero-order chi connectivity index (χ0) is 29.7. The van der Waals surface area contributed by atoms with Gasteiger partial charge in [0.15, 0.2) is 11.4 Å². The molecular weight excluding hydrogens is 565 g/mol. The van der Waals surface area contributed by atoms with Crippen molar-refractivity contribution in [1.82, 2.24) is 19.7 Å². The summed E-state index contributed by atoms with van der Waals surface area (Å²) < 4.78 is 39.2. The predicted molar refractivity (Wildman–Crippen MR) is 150 cm³/mol. The Hall–Kier alpha value is -3.06. The molecule has 0 amide bonds. The van der Waals surface area contributed by atoms with Crippen LogP contribution in [-0.4, -0.2) is 66.3 Å². The fourth-order valence-corrected chi connectivity index (χ4v) is 7.84. The minimum absolute atomic E-state index is 0.201. The second-order valence-electron chi connectivity index (χ2n) is 11.4. The van der Waals surface area contributed by atoms with Crippen LogP contribution in [0.2, 0.25) is 0 Å². The van der Waals surface area contributed by atoms with Gasteiger partial charge in [0.2, 0.25) is 0 Å². The van der Waals surface area contributed by atoms with E-state index in [1.807, 2.05) is 0 Å². The lowest BCUT2D eigenvalue weighted by Crippen LogP contribution is -2.39. The summed E-state index contributed by atoms with van der Waals surface area (Å²) >= 11 is 0. The molecule has 3 aromatic rings. The average molecular weight is 602 g/mol. The van der Waals surface area contributed by atoms with E-state index in [1.165, 1.54) is 17.8 Å². The molecule has 6 rings (SSSR count). The van der Waals surface area contributed by atoms with Gasteiger partial charge in [0.25, 0.3) is 0 Å². The number of anilines is 1. The molecule has 0 bridgehead atoms. The summed E-state index contributed by atoms with van der Waals surface area (Å²) in [6, 6.07) is 10.6. The molecule has 0 radical (unpaired) electrons. The smallest absolute Gasteiger partial charge is 0.459 e. The fourth-order valence-electron chi connectivity index (χ4n) is 6.07. The van der Waals surface area contributed by atoms with Gasteiger partial charge >= 0.3 is 13.7 Å². The molecule has 226 valence electrons. The van der Waals surface area contributed by atoms with Crippen molar-refractivity contribution in [3.05, 3.63) is 54.5 Å². The molecule has 1 aromatic carbocycles. The normalized spacial score (nSPS) is 31.6. The topological polar surface area (TPSA) is 180 Å². The molecule has 42 heavy (non-hydrogen) atoms. The summed E-state index contributed by atoms with van der Waals surface area (Å²) in [6.07, 6.45) is 3.10. The van der Waals surface area contributed by atoms with Crippen LogP contribution in [0.15, 0.2) is 48.8 Å². The number of para-hydroxylation sites is 1. The molecule has 5 N–H and O–H groups in total. The van der Waals surface area contributed by atoms with Gasteiger partial charge in [-0.15, -0.1) is 0 Å². The van der Waals surface area contributed by atoms with Crippen molar-refractivity contribution < 1.29 is 38.1 Å². The first-order valence-corrected chi connectivity index (χ1v) is 15.8. The van der Waals surface area contributed by atoms with Gasteiger partial charge in [0.1, 0.15) is 53.7 Å². The quantitative estimate of drug-likeness (QED) is 0.160. The third-order valence-electron chi connectivity index (χ3n) is 8.53. The molecule has 2 aromatic heterocycles. The number of esters is 1. The maximum Gasteiger partial charge on any atom is 0.459 e. The van der Waals surface area contributed by atoms with Gasteiger partial charge in [-0.2, -0.15) is 10.2 Å². The van der Waals surface area contributed by atoms with Crippen LogP contribution in [0.4, 0.5) is 5.82 Å². The third-order valence-corrected chi connectivity index (χ3v) is 10.2. The van der Waals surface area contributed by atoms with E-state index < -0.39 is 49.3 Å². The van der Waals surface area contributed by atoms with Crippen LogP contribution in [0.25, 0.3) is 5.52 Å². The molecule has 7 atom stereocenters. The van der Waals surface area contributed by atoms with Gasteiger partial charge in [-0.3, -0.25) is 9.32 Å². The number of carbonyl (C=O) groups excluding carboxylic acids is 1. The number of benzene rings is 1. The first kappa shape index (κ1) is 29.0. The lowest BCUT2D eigenvalue weighted by atomic mass is 10.0. The summed E-state index contributed by atoms with van der Waals surface area (Å²) in [4.78, 5) is 16.9. The maximum absolute atomic E-state index is 14.2. The molecule has 1 saturated heterocycles. The minimum Gasteiger partial charge on any atom is -0.461 e. The molecule has 3 fully saturated rings. The number of ether oxygens (including phenoxy) is 2. The highest BCUT2D eigenvalue weighted by Gasteiger charge is 2.87. The number of hydrogen-bond acceptors (Lipinski definition) is 11. The zero-order valence-corrected chi connectivity index (χ0v) is 24.4. The SMILES string of the molecule is C[C@H](N[P@@](=O)(Oc1ccccc1)OC1[C@@]2(C)O[C@@H](c3ccc4c(N)ncnn34)[C@H](O)[C@@]12O)C(=O)OC1CCCCCC1. The number of nitrogens with two attached hydrogens (primary N) is 1. The number of nitrogens with zero attached hydrogens (tertiary/aromatic N) is 3. The average Bonchev–Trinajstić information content (AvgIpc) is 3.13. The van der Waals surface area contributed by atoms with Crippen molar-refractivity contribution in [3.8, 4) is 5.75 Å². The predicted octanol–water partition coefficient (Wildman–Crippen LogP) is 3.06. The number of aliphatic hydroxyl groups excluding tert-OH is 1. The first-order chi connectivity index (χ1) is 20.1. The Morgan fingerprint density at radius 2 is 1.90 bits per heavy atom. The Morgan fingerprint density at radius 1 is 1.19 bits per heavy atom. The van der Waals surface area contributed by atoms with Crippen molar-refractivity contribution in [2.45, 2.75) is 94.0 Å². The van der Waals surface area contributed by atoms with Gasteiger partial charge in [0, 0.05) is 0 Å². The van der Waals surface area contributed by atoms with Gasteiger partial charge in [0.05, 0.1) is 5.69 Å². The van der Waals surface area contributed by atoms with E-state index >= 15 is 0 Å². The molecule has 2 aliphatic carbocycles. The van der Waals surface area contributed by atoms with Crippen molar-refractivity contribution in [1.29, 1.82) is 0 Å². The van der Waals surface area contributed by atoms with Crippen molar-refractivity contribution in [3.63, 3.8) is 0 Å². The van der Waals surface area contributed by atoms with Gasteiger partial charge in [-0.25, -0.2) is 14.1 Å². The number of nitrogens with one attached hydrogen (secondary N) is 1. The van der Waals surface area contributed by atoms with Crippen LogP contribution in [0.1, 0.15) is 64.2 Å². The van der Waals surface area contributed by atoms with Gasteiger partial charge < -0.3 is 29.9 Å². The van der Waals surface area contributed by atoms with Crippen LogP contribution in [0, 0.1) is 0 Å². The van der Waals surface area contributed by atoms with Crippen LogP contribution in [0.3, 0.4) is 0 Å². The van der Waals surface area contributed by atoms with Crippen molar-refractivity contribution >= 4 is 25.1 Å². The lowest BCUT2D eigenvalue weighted by molar-refractivity contribution is -0.151. The molecule has 1 unspecified atom stereocenters. The highest BCUT2D eigenvalue weighted by atomic mass is 31.2. The summed E-state index contributed by atoms with van der Waals surface area (Å²) in [6.45, 7) is 3.07. The Labute approximate surface area is 242 Å². The second-order valence-corrected chi connectivity index (χ2v) is 13.1. The standard InChI is InChI=1S/C28H36N5O8P/c1-17(25(35)38-18-10-6-3-4-7-11-18)32-42(37,40-19-12-8-5-9-13-19)41-26-27(2)28(26,36)23(34)22(39-27)20-14-15-21-24(29)30-16-31-33(20)21/h5,8-9,12-18,22-23,26,34,36H,3-4,6-7,10-11H2,1-2H3,(H,32,37)(H2,29,30,31)/t17-,22-,23-,26?,27+,28+,42+/m0/s1. The number of fused-ring (bicyclic) bond motifs is 2. The summed E-state index contributed by atoms with van der Waals surface area (Å²) in [7, 11) is -4.34. The molecule has 3 heterocycles. The van der Waals surface area contributed by atoms with E-state index in [9.17, 15) is 19.6 Å². The number of aliphatic hydroxyl groups is 2. The number of rotatable bonds is 9. The largest absolute Gasteiger partial charge is 0.461 e. The summed E-state index contributed by atoms with van der Waals surface area (Å²) in [5.41, 5.74) is 3.50. The number of carbonyl (C=O) groups is 1. The van der Waals surface area contributed by atoms with E-state index in [0.717, 1.165) is 38.5 Å². The monoisotopic (exact) mass is 601 g/mol. The summed E-state index contributed by atoms with van der Waals surface area (Å²) in [5, 5.41) is 29.8. The molecule has 0 spiro atoms. The Bertz CT molecular complexity index is 1500. The van der Waals surface area contributed by atoms with E-state index in [4.69, 9.17) is 24.3 Å². The number of nitrogen functional groups attached to an aromatic ring is 1. The molecular formula is C28H36N5O8P. The highest BCUT2D eigenvalue weighted by molar-refractivity contribution is 7.52. The van der Waals surface area contributed by atoms with E-state index in [-0.39, 0.29) is 17.7 Å². The Balaban J connectivity index is 1.20. The highest BCUT2D eigenvalue weighted by Crippen LogP contribution is 2.68. The molecule has 3 aliphatic rings. The summed E-state index contributed by atoms with van der Waals surface area (Å²) in [5.74, 6) is -0.116. The fraction of sp³-hybridized carbons (Fsp3) is 0.536. The van der Waals surface area contributed by atoms with Crippen LogP contribution >= 0.6 is 7.75 Å². The molecule has 1 aliphatic heterocycles. The zero-order valence-electron chi connectivity index (χ0n) is 23.5. The number of aromatic nitrogens is 3. The van der Waals surface area contributed by atoms with E-state index in [0.29, 0.717) is 11.2 Å². The van der Waals surface area contributed by atoms with Crippen LogP contribution in [0.5, 0.6) is 5.75 Å². The third kappa shape index (κ3) is 4.97. The second kappa shape index (κ2) is 10.9. The number of hydrogen-bond donors (Lipinski definition) is 4. The maximum atomic E-state index is 14.2.